The molecule has 0 aromatic carbocycles. The molecule has 1 N–H and O–H groups in total. The molecule has 0 radical (unpaired) electrons. The SMILES string of the molecule is O=C(NC1COCC1n1nc(-c2ccncc2)ccc1=O)c1cscn1. The number of thiazole rings is 1. The average molecular weight is 369 g/mol. The molecule has 4 rings (SSSR count). The number of carbonyl (C=O) groups excluding carboxylic acids is 1. The zero-order valence-electron chi connectivity index (χ0n) is 13.6. The molecule has 0 spiro atoms. The zero-order valence-corrected chi connectivity index (χ0v) is 14.4. The summed E-state index contributed by atoms with van der Waals surface area (Å²) in [6.07, 6.45) is 3.34. The van der Waals surface area contributed by atoms with Crippen LogP contribution in [-0.4, -0.2) is 44.9 Å². The van der Waals surface area contributed by atoms with E-state index in [1.165, 1.54) is 22.1 Å². The van der Waals surface area contributed by atoms with Gasteiger partial charge in [-0.15, -0.1) is 11.3 Å². The number of hydrogen-bond acceptors (Lipinski definition) is 7. The van der Waals surface area contributed by atoms with Gasteiger partial charge in [0.15, 0.2) is 0 Å². The quantitative estimate of drug-likeness (QED) is 0.740. The summed E-state index contributed by atoms with van der Waals surface area (Å²) >= 11 is 1.35. The second-order valence-electron chi connectivity index (χ2n) is 5.80. The van der Waals surface area contributed by atoms with Gasteiger partial charge in [0.05, 0.1) is 30.5 Å². The summed E-state index contributed by atoms with van der Waals surface area (Å²) in [4.78, 5) is 32.6. The molecule has 0 saturated carbocycles. The summed E-state index contributed by atoms with van der Waals surface area (Å²) in [5, 5.41) is 9.04. The van der Waals surface area contributed by atoms with Gasteiger partial charge in [-0.2, -0.15) is 5.10 Å². The van der Waals surface area contributed by atoms with Crippen LogP contribution in [-0.2, 0) is 4.74 Å². The molecule has 0 aliphatic carbocycles. The van der Waals surface area contributed by atoms with E-state index in [0.29, 0.717) is 24.6 Å². The van der Waals surface area contributed by atoms with Gasteiger partial charge in [-0.25, -0.2) is 9.67 Å². The lowest BCUT2D eigenvalue weighted by Gasteiger charge is -2.20. The van der Waals surface area contributed by atoms with Crippen molar-refractivity contribution in [3.05, 3.63) is 63.6 Å². The van der Waals surface area contributed by atoms with Gasteiger partial charge in [-0.1, -0.05) is 0 Å². The molecular weight excluding hydrogens is 354 g/mol. The van der Waals surface area contributed by atoms with Crippen molar-refractivity contribution in [2.45, 2.75) is 12.1 Å². The molecule has 132 valence electrons. The standard InChI is InChI=1S/C17H15N5O3S/c23-16-2-1-12(11-3-5-18-6-4-11)21-22(16)15-8-25-7-13(15)20-17(24)14-9-26-10-19-14/h1-6,9-10,13,15H,7-8H2,(H,20,24). The molecule has 2 unspecified atom stereocenters. The van der Waals surface area contributed by atoms with Crippen LogP contribution >= 0.6 is 11.3 Å². The summed E-state index contributed by atoms with van der Waals surface area (Å²) in [6, 6.07) is 6.05. The van der Waals surface area contributed by atoms with E-state index >= 15 is 0 Å². The summed E-state index contributed by atoms with van der Waals surface area (Å²) in [6.45, 7) is 0.614. The molecule has 1 fully saturated rings. The van der Waals surface area contributed by atoms with E-state index in [-0.39, 0.29) is 23.6 Å². The van der Waals surface area contributed by atoms with Crippen molar-refractivity contribution in [2.24, 2.45) is 0 Å². The summed E-state index contributed by atoms with van der Waals surface area (Å²) in [5.41, 5.74) is 3.22. The first-order valence-corrected chi connectivity index (χ1v) is 8.94. The third kappa shape index (κ3) is 3.26. The summed E-state index contributed by atoms with van der Waals surface area (Å²) in [7, 11) is 0. The Kier molecular flexibility index (Phi) is 4.55. The first-order chi connectivity index (χ1) is 12.7. The van der Waals surface area contributed by atoms with Gasteiger partial charge in [0.2, 0.25) is 0 Å². The number of ether oxygens (including phenoxy) is 1. The lowest BCUT2D eigenvalue weighted by atomic mass is 10.1. The minimum absolute atomic E-state index is 0.244. The number of rotatable bonds is 4. The Morgan fingerprint density at radius 3 is 2.85 bits per heavy atom. The highest BCUT2D eigenvalue weighted by molar-refractivity contribution is 7.07. The van der Waals surface area contributed by atoms with Crippen LogP contribution in [0.5, 0.6) is 0 Å². The van der Waals surface area contributed by atoms with Crippen LogP contribution in [0, 0.1) is 0 Å². The van der Waals surface area contributed by atoms with E-state index in [1.54, 1.807) is 29.4 Å². The molecule has 2 atom stereocenters. The van der Waals surface area contributed by atoms with Gasteiger partial charge in [0, 0.05) is 29.4 Å². The van der Waals surface area contributed by atoms with Crippen molar-refractivity contribution in [3.8, 4) is 11.3 Å². The Morgan fingerprint density at radius 2 is 2.08 bits per heavy atom. The van der Waals surface area contributed by atoms with Crippen LogP contribution < -0.4 is 10.9 Å². The predicted molar refractivity (Wildman–Crippen MR) is 95.0 cm³/mol. The minimum Gasteiger partial charge on any atom is -0.377 e. The third-order valence-electron chi connectivity index (χ3n) is 4.15. The van der Waals surface area contributed by atoms with E-state index in [2.05, 4.69) is 20.4 Å². The van der Waals surface area contributed by atoms with Gasteiger partial charge >= 0.3 is 0 Å². The van der Waals surface area contributed by atoms with Crippen LogP contribution in [0.2, 0.25) is 0 Å². The molecule has 9 heteroatoms. The molecule has 1 aliphatic rings. The second kappa shape index (κ2) is 7.14. The van der Waals surface area contributed by atoms with Crippen molar-refractivity contribution in [2.75, 3.05) is 13.2 Å². The fourth-order valence-corrected chi connectivity index (χ4v) is 3.36. The monoisotopic (exact) mass is 369 g/mol. The number of nitrogens with one attached hydrogen (secondary N) is 1. The van der Waals surface area contributed by atoms with E-state index < -0.39 is 0 Å². The molecule has 8 nitrogen and oxygen atoms in total. The van der Waals surface area contributed by atoms with Crippen LogP contribution in [0.1, 0.15) is 16.5 Å². The van der Waals surface area contributed by atoms with Crippen molar-refractivity contribution < 1.29 is 9.53 Å². The molecule has 4 heterocycles. The number of amides is 1. The number of hydrogen-bond donors (Lipinski definition) is 1. The van der Waals surface area contributed by atoms with Crippen LogP contribution in [0.3, 0.4) is 0 Å². The molecule has 0 bridgehead atoms. The third-order valence-corrected chi connectivity index (χ3v) is 4.73. The van der Waals surface area contributed by atoms with Gasteiger partial charge in [-0.3, -0.25) is 14.6 Å². The van der Waals surface area contributed by atoms with Gasteiger partial charge in [-0.05, 0) is 18.2 Å². The molecular formula is C17H15N5O3S. The van der Waals surface area contributed by atoms with E-state index in [4.69, 9.17) is 4.74 Å². The maximum atomic E-state index is 12.4. The first kappa shape index (κ1) is 16.6. The van der Waals surface area contributed by atoms with Crippen molar-refractivity contribution in [1.29, 1.82) is 0 Å². The molecule has 3 aromatic heterocycles. The smallest absolute Gasteiger partial charge is 0.271 e. The molecule has 26 heavy (non-hydrogen) atoms. The van der Waals surface area contributed by atoms with E-state index in [1.807, 2.05) is 12.1 Å². The molecule has 3 aromatic rings. The van der Waals surface area contributed by atoms with Gasteiger partial charge in [0.25, 0.3) is 11.5 Å². The Hall–Kier alpha value is -2.91. The average Bonchev–Trinajstić information content (AvgIpc) is 3.35. The molecule has 1 saturated heterocycles. The maximum absolute atomic E-state index is 12.4. The second-order valence-corrected chi connectivity index (χ2v) is 6.51. The highest BCUT2D eigenvalue weighted by Gasteiger charge is 2.33. The maximum Gasteiger partial charge on any atom is 0.271 e. The Labute approximate surface area is 152 Å². The summed E-state index contributed by atoms with van der Waals surface area (Å²) < 4.78 is 6.88. The number of pyridine rings is 1. The lowest BCUT2D eigenvalue weighted by molar-refractivity contribution is 0.0920. The topological polar surface area (TPSA) is 99.0 Å². The number of aromatic nitrogens is 4. The highest BCUT2D eigenvalue weighted by atomic mass is 32.1. The van der Waals surface area contributed by atoms with Crippen LogP contribution in [0.25, 0.3) is 11.3 Å². The Bertz CT molecular complexity index is 958. The van der Waals surface area contributed by atoms with Crippen molar-refractivity contribution in [3.63, 3.8) is 0 Å². The largest absolute Gasteiger partial charge is 0.377 e. The number of carbonyl (C=O) groups is 1. The van der Waals surface area contributed by atoms with Crippen LogP contribution in [0.4, 0.5) is 0 Å². The van der Waals surface area contributed by atoms with Gasteiger partial charge in [0.1, 0.15) is 11.7 Å². The highest BCUT2D eigenvalue weighted by Crippen LogP contribution is 2.20. The fourth-order valence-electron chi connectivity index (χ4n) is 2.83. The molecule has 1 amide bonds. The lowest BCUT2D eigenvalue weighted by Crippen LogP contribution is -2.44. The Balaban J connectivity index is 1.61. The Morgan fingerprint density at radius 1 is 1.23 bits per heavy atom. The zero-order chi connectivity index (χ0) is 17.9. The molecule has 1 aliphatic heterocycles. The minimum atomic E-state index is -0.383. The van der Waals surface area contributed by atoms with Gasteiger partial charge < -0.3 is 10.1 Å². The van der Waals surface area contributed by atoms with Crippen molar-refractivity contribution in [1.82, 2.24) is 25.1 Å². The first-order valence-electron chi connectivity index (χ1n) is 7.99. The summed E-state index contributed by atoms with van der Waals surface area (Å²) in [5.74, 6) is -0.287. The fraction of sp³-hybridized carbons (Fsp3) is 0.235. The predicted octanol–water partition coefficient (Wildman–Crippen LogP) is 1.13. The van der Waals surface area contributed by atoms with E-state index in [0.717, 1.165) is 5.56 Å². The number of nitrogens with zero attached hydrogens (tertiary/aromatic N) is 4. The van der Waals surface area contributed by atoms with Crippen molar-refractivity contribution >= 4 is 17.2 Å². The normalized spacial score (nSPS) is 19.4. The van der Waals surface area contributed by atoms with E-state index in [9.17, 15) is 9.59 Å². The van der Waals surface area contributed by atoms with Crippen LogP contribution in [0.15, 0.2) is 52.3 Å².